The average Bonchev–Trinajstić information content (AvgIpc) is 2.97. The number of benzene rings is 1. The van der Waals surface area contributed by atoms with E-state index in [-0.39, 0.29) is 17.8 Å². The molecule has 2 atom stereocenters. The summed E-state index contributed by atoms with van der Waals surface area (Å²) in [6.45, 7) is 0.613. The molecule has 0 bridgehead atoms. The summed E-state index contributed by atoms with van der Waals surface area (Å²) in [5, 5.41) is 1.16. The lowest BCUT2D eigenvalue weighted by Crippen LogP contribution is -2.22. The first kappa shape index (κ1) is 14.4. The van der Waals surface area contributed by atoms with Crippen LogP contribution < -0.4 is 5.73 Å². The quantitative estimate of drug-likeness (QED) is 0.843. The van der Waals surface area contributed by atoms with Crippen molar-refractivity contribution in [2.75, 3.05) is 12.4 Å². The normalized spacial score (nSPS) is 27.4. The molecule has 2 N–H and O–H groups in total. The van der Waals surface area contributed by atoms with E-state index in [4.69, 9.17) is 40.5 Å². The van der Waals surface area contributed by atoms with Gasteiger partial charge in [0.15, 0.2) is 0 Å². The fourth-order valence-electron chi connectivity index (χ4n) is 2.11. The number of halogens is 4. The summed E-state index contributed by atoms with van der Waals surface area (Å²) in [5.74, 6) is 1.12. The minimum absolute atomic E-state index is 0. The van der Waals surface area contributed by atoms with Crippen LogP contribution >= 0.6 is 47.2 Å². The fourth-order valence-corrected chi connectivity index (χ4v) is 2.81. The predicted molar refractivity (Wildman–Crippen MR) is 73.3 cm³/mol. The van der Waals surface area contributed by atoms with Gasteiger partial charge in [0.25, 0.3) is 0 Å². The van der Waals surface area contributed by atoms with E-state index >= 15 is 0 Å². The summed E-state index contributed by atoms with van der Waals surface area (Å²) in [5.41, 5.74) is 7.02. The Morgan fingerprint density at radius 2 is 2.00 bits per heavy atom. The number of hydrogen-bond donors (Lipinski definition) is 1. The second kappa shape index (κ2) is 5.32. The number of rotatable bonds is 3. The maximum atomic E-state index is 5.99. The van der Waals surface area contributed by atoms with Crippen molar-refractivity contribution in [1.82, 2.24) is 0 Å². The minimum atomic E-state index is 0. The highest BCUT2D eigenvalue weighted by molar-refractivity contribution is 6.42. The third-order valence-electron chi connectivity index (χ3n) is 3.28. The van der Waals surface area contributed by atoms with Crippen LogP contribution in [0.5, 0.6) is 0 Å². The minimum Gasteiger partial charge on any atom is -0.330 e. The van der Waals surface area contributed by atoms with E-state index in [2.05, 4.69) is 0 Å². The third kappa shape index (κ3) is 2.30. The molecule has 1 aliphatic carbocycles. The van der Waals surface area contributed by atoms with E-state index in [0.29, 0.717) is 28.4 Å². The van der Waals surface area contributed by atoms with Gasteiger partial charge in [-0.2, -0.15) is 0 Å². The van der Waals surface area contributed by atoms with E-state index in [1.807, 2.05) is 18.2 Å². The van der Waals surface area contributed by atoms with E-state index in [1.165, 1.54) is 0 Å². The van der Waals surface area contributed by atoms with Crippen LogP contribution in [0.3, 0.4) is 0 Å². The standard InChI is InChI=1S/C11H12Cl3N.ClH/c12-5-8-4-11(8,6-15)7-1-2-9(13)10(14)3-7;/h1-3,8H,4-6,15H2;1H/t8-,11+;/m1./s1. The van der Waals surface area contributed by atoms with Crippen LogP contribution in [-0.4, -0.2) is 12.4 Å². The molecule has 1 nitrogen and oxygen atoms in total. The fraction of sp³-hybridized carbons (Fsp3) is 0.455. The first-order chi connectivity index (χ1) is 7.14. The van der Waals surface area contributed by atoms with Crippen molar-refractivity contribution >= 4 is 47.2 Å². The van der Waals surface area contributed by atoms with Gasteiger partial charge >= 0.3 is 0 Å². The SMILES string of the molecule is Cl.NC[C@]1(c2ccc(Cl)c(Cl)c2)C[C@@H]1CCl. The third-order valence-corrected chi connectivity index (χ3v) is 4.39. The molecule has 0 amide bonds. The summed E-state index contributed by atoms with van der Waals surface area (Å²) in [6.07, 6.45) is 1.05. The average molecular weight is 301 g/mol. The van der Waals surface area contributed by atoms with Crippen LogP contribution in [0.15, 0.2) is 18.2 Å². The number of nitrogens with two attached hydrogens (primary N) is 1. The molecule has 90 valence electrons. The maximum absolute atomic E-state index is 5.99. The largest absolute Gasteiger partial charge is 0.330 e. The summed E-state index contributed by atoms with van der Waals surface area (Å²) in [6, 6.07) is 5.72. The smallest absolute Gasteiger partial charge is 0.0595 e. The molecule has 1 saturated carbocycles. The van der Waals surface area contributed by atoms with Crippen molar-refractivity contribution in [3.05, 3.63) is 33.8 Å². The Morgan fingerprint density at radius 1 is 1.31 bits per heavy atom. The Kier molecular flexibility index (Phi) is 4.79. The molecule has 0 radical (unpaired) electrons. The molecule has 0 aliphatic heterocycles. The molecule has 2 rings (SSSR count). The second-order valence-corrected chi connectivity index (χ2v) is 5.17. The summed E-state index contributed by atoms with van der Waals surface area (Å²) in [7, 11) is 0. The van der Waals surface area contributed by atoms with Crippen molar-refractivity contribution in [2.24, 2.45) is 11.7 Å². The lowest BCUT2D eigenvalue weighted by Gasteiger charge is -2.15. The van der Waals surface area contributed by atoms with Gasteiger partial charge in [-0.15, -0.1) is 24.0 Å². The molecular weight excluding hydrogens is 288 g/mol. The van der Waals surface area contributed by atoms with E-state index in [1.54, 1.807) is 0 Å². The van der Waals surface area contributed by atoms with Gasteiger partial charge in [0, 0.05) is 17.8 Å². The maximum Gasteiger partial charge on any atom is 0.0595 e. The zero-order valence-electron chi connectivity index (χ0n) is 8.55. The van der Waals surface area contributed by atoms with Gasteiger partial charge in [0.2, 0.25) is 0 Å². The van der Waals surface area contributed by atoms with E-state index in [0.717, 1.165) is 12.0 Å². The highest BCUT2D eigenvalue weighted by atomic mass is 35.5. The molecule has 1 aromatic carbocycles. The van der Waals surface area contributed by atoms with Crippen LogP contribution in [0.4, 0.5) is 0 Å². The summed E-state index contributed by atoms with van der Waals surface area (Å²) in [4.78, 5) is 0. The zero-order valence-corrected chi connectivity index (χ0v) is 11.6. The van der Waals surface area contributed by atoms with E-state index in [9.17, 15) is 0 Å². The highest BCUT2D eigenvalue weighted by Gasteiger charge is 2.53. The Labute approximate surface area is 117 Å². The number of alkyl halides is 1. The molecule has 5 heteroatoms. The first-order valence-corrected chi connectivity index (χ1v) is 6.14. The lowest BCUT2D eigenvalue weighted by molar-refractivity contribution is 0.644. The molecular formula is C11H13Cl4N. The second-order valence-electron chi connectivity index (χ2n) is 4.04. The van der Waals surface area contributed by atoms with Crippen molar-refractivity contribution in [2.45, 2.75) is 11.8 Å². The lowest BCUT2D eigenvalue weighted by atomic mass is 9.94. The van der Waals surface area contributed by atoms with Gasteiger partial charge in [-0.05, 0) is 30.0 Å². The van der Waals surface area contributed by atoms with Crippen molar-refractivity contribution in [1.29, 1.82) is 0 Å². The van der Waals surface area contributed by atoms with E-state index < -0.39 is 0 Å². The van der Waals surface area contributed by atoms with Gasteiger partial charge in [0.1, 0.15) is 0 Å². The molecule has 0 saturated heterocycles. The van der Waals surface area contributed by atoms with Gasteiger partial charge in [-0.3, -0.25) is 0 Å². The molecule has 1 aromatic rings. The summed E-state index contributed by atoms with van der Waals surface area (Å²) >= 11 is 17.7. The molecule has 1 aliphatic rings. The molecule has 0 aromatic heterocycles. The predicted octanol–water partition coefficient (Wildman–Crippen LogP) is 3.87. The molecule has 16 heavy (non-hydrogen) atoms. The van der Waals surface area contributed by atoms with Crippen LogP contribution in [0.2, 0.25) is 10.0 Å². The molecule has 0 heterocycles. The van der Waals surface area contributed by atoms with Crippen LogP contribution in [0, 0.1) is 5.92 Å². The van der Waals surface area contributed by atoms with Crippen LogP contribution in [-0.2, 0) is 5.41 Å². The Hall–Kier alpha value is 0.340. The van der Waals surface area contributed by atoms with Crippen molar-refractivity contribution < 1.29 is 0 Å². The van der Waals surface area contributed by atoms with Crippen LogP contribution in [0.1, 0.15) is 12.0 Å². The zero-order chi connectivity index (χ0) is 11.1. The Morgan fingerprint density at radius 3 is 2.44 bits per heavy atom. The van der Waals surface area contributed by atoms with Gasteiger partial charge in [-0.25, -0.2) is 0 Å². The monoisotopic (exact) mass is 299 g/mol. The molecule has 1 fully saturated rings. The molecule has 0 spiro atoms. The van der Waals surface area contributed by atoms with Gasteiger partial charge < -0.3 is 5.73 Å². The highest BCUT2D eigenvalue weighted by Crippen LogP contribution is 2.54. The van der Waals surface area contributed by atoms with Crippen molar-refractivity contribution in [3.8, 4) is 0 Å². The van der Waals surface area contributed by atoms with Crippen molar-refractivity contribution in [3.63, 3.8) is 0 Å². The van der Waals surface area contributed by atoms with Gasteiger partial charge in [-0.1, -0.05) is 29.3 Å². The first-order valence-electron chi connectivity index (χ1n) is 4.85. The topological polar surface area (TPSA) is 26.0 Å². The van der Waals surface area contributed by atoms with Gasteiger partial charge in [0.05, 0.1) is 10.0 Å². The number of hydrogen-bond acceptors (Lipinski definition) is 1. The Balaban J connectivity index is 0.00000128. The Bertz CT molecular complexity index is 382. The van der Waals surface area contributed by atoms with Crippen LogP contribution in [0.25, 0.3) is 0 Å². The molecule has 0 unspecified atom stereocenters. The summed E-state index contributed by atoms with van der Waals surface area (Å²) < 4.78 is 0.